The fourth-order valence-electron chi connectivity index (χ4n) is 1.93. The second kappa shape index (κ2) is 8.09. The molecular weight excluding hydrogens is 379 g/mol. The zero-order chi connectivity index (χ0) is 18.6. The first-order valence-corrected chi connectivity index (χ1v) is 7.65. The molecule has 0 spiro atoms. The summed E-state index contributed by atoms with van der Waals surface area (Å²) >= 11 is 11.6. The van der Waals surface area contributed by atoms with E-state index in [1.54, 1.807) is 0 Å². The molecule has 0 heterocycles. The minimum absolute atomic E-state index is 0.126. The van der Waals surface area contributed by atoms with E-state index in [1.807, 2.05) is 0 Å². The standard InChI is InChI=1S/C15H11Cl2F2N3O3/c16-10-7-13(19)12(18)6-9(10)15(23)21-4-3-20-14-2-1-8(22(24)25)5-11(14)17/h1-2,5-7,20H,3-4H2,(H,21,23). The average molecular weight is 390 g/mol. The molecule has 0 saturated heterocycles. The van der Waals surface area contributed by atoms with Crippen molar-refractivity contribution in [2.24, 2.45) is 0 Å². The van der Waals surface area contributed by atoms with Gasteiger partial charge in [-0.15, -0.1) is 0 Å². The van der Waals surface area contributed by atoms with Crippen molar-refractivity contribution >= 4 is 40.5 Å². The molecule has 2 N–H and O–H groups in total. The number of nitrogens with one attached hydrogen (secondary N) is 2. The Bertz CT molecular complexity index is 834. The smallest absolute Gasteiger partial charge is 0.271 e. The number of amides is 1. The number of benzene rings is 2. The maximum absolute atomic E-state index is 13.2. The van der Waals surface area contributed by atoms with Crippen LogP contribution in [0.3, 0.4) is 0 Å². The molecule has 0 aliphatic carbocycles. The Hall–Kier alpha value is -2.45. The molecule has 0 aliphatic heterocycles. The monoisotopic (exact) mass is 389 g/mol. The highest BCUT2D eigenvalue weighted by Gasteiger charge is 2.14. The lowest BCUT2D eigenvalue weighted by Crippen LogP contribution is -2.29. The van der Waals surface area contributed by atoms with E-state index in [2.05, 4.69) is 10.6 Å². The number of carbonyl (C=O) groups is 1. The largest absolute Gasteiger partial charge is 0.382 e. The van der Waals surface area contributed by atoms with Crippen LogP contribution in [0.4, 0.5) is 20.2 Å². The zero-order valence-electron chi connectivity index (χ0n) is 12.5. The Morgan fingerprint density at radius 1 is 1.08 bits per heavy atom. The lowest BCUT2D eigenvalue weighted by molar-refractivity contribution is -0.384. The van der Waals surface area contributed by atoms with Crippen LogP contribution in [0, 0.1) is 21.7 Å². The molecule has 2 aromatic carbocycles. The maximum atomic E-state index is 13.2. The first-order valence-electron chi connectivity index (χ1n) is 6.90. The van der Waals surface area contributed by atoms with Gasteiger partial charge >= 0.3 is 0 Å². The van der Waals surface area contributed by atoms with E-state index in [-0.39, 0.29) is 34.4 Å². The lowest BCUT2D eigenvalue weighted by Gasteiger charge is -2.10. The van der Waals surface area contributed by atoms with Gasteiger partial charge in [0, 0.05) is 25.2 Å². The topological polar surface area (TPSA) is 84.3 Å². The lowest BCUT2D eigenvalue weighted by atomic mass is 10.2. The van der Waals surface area contributed by atoms with Crippen LogP contribution in [-0.4, -0.2) is 23.9 Å². The molecular formula is C15H11Cl2F2N3O3. The van der Waals surface area contributed by atoms with Crippen molar-refractivity contribution in [2.45, 2.75) is 0 Å². The van der Waals surface area contributed by atoms with Crippen LogP contribution in [0.15, 0.2) is 30.3 Å². The van der Waals surface area contributed by atoms with Gasteiger partial charge in [0.05, 0.1) is 26.2 Å². The summed E-state index contributed by atoms with van der Waals surface area (Å²) in [5, 5.41) is 15.9. The predicted molar refractivity (Wildman–Crippen MR) is 90.3 cm³/mol. The molecule has 0 radical (unpaired) electrons. The third kappa shape index (κ3) is 4.77. The summed E-state index contributed by atoms with van der Waals surface area (Å²) in [4.78, 5) is 22.0. The Morgan fingerprint density at radius 2 is 1.76 bits per heavy atom. The number of rotatable bonds is 6. The van der Waals surface area contributed by atoms with Crippen molar-refractivity contribution in [3.63, 3.8) is 0 Å². The number of hydrogen-bond donors (Lipinski definition) is 2. The van der Waals surface area contributed by atoms with Crippen LogP contribution in [-0.2, 0) is 0 Å². The van der Waals surface area contributed by atoms with Gasteiger partial charge in [-0.2, -0.15) is 0 Å². The van der Waals surface area contributed by atoms with Gasteiger partial charge in [0.15, 0.2) is 11.6 Å². The average Bonchev–Trinajstić information content (AvgIpc) is 2.55. The maximum Gasteiger partial charge on any atom is 0.271 e. The van der Waals surface area contributed by atoms with Gasteiger partial charge in [-0.3, -0.25) is 14.9 Å². The summed E-state index contributed by atoms with van der Waals surface area (Å²) in [6.45, 7) is 0.367. The van der Waals surface area contributed by atoms with Crippen LogP contribution >= 0.6 is 23.2 Å². The number of non-ortho nitro benzene ring substituents is 1. The molecule has 0 fully saturated rings. The van der Waals surface area contributed by atoms with Crippen molar-refractivity contribution in [3.05, 3.63) is 67.7 Å². The van der Waals surface area contributed by atoms with Crippen LogP contribution in [0.2, 0.25) is 10.0 Å². The molecule has 0 atom stereocenters. The number of halogens is 4. The molecule has 0 saturated carbocycles. The predicted octanol–water partition coefficient (Wildman–Crippen LogP) is 4.02. The Morgan fingerprint density at radius 3 is 2.40 bits per heavy atom. The van der Waals surface area contributed by atoms with Crippen LogP contribution in [0.1, 0.15) is 10.4 Å². The fraction of sp³-hybridized carbons (Fsp3) is 0.133. The molecule has 0 unspecified atom stereocenters. The highest BCUT2D eigenvalue weighted by Crippen LogP contribution is 2.26. The van der Waals surface area contributed by atoms with Crippen molar-refractivity contribution in [2.75, 3.05) is 18.4 Å². The molecule has 0 aliphatic rings. The molecule has 0 aromatic heterocycles. The highest BCUT2D eigenvalue weighted by molar-refractivity contribution is 6.34. The number of nitro benzene ring substituents is 1. The van der Waals surface area contributed by atoms with Crippen LogP contribution in [0.5, 0.6) is 0 Å². The van der Waals surface area contributed by atoms with Crippen LogP contribution < -0.4 is 10.6 Å². The van der Waals surface area contributed by atoms with Crippen molar-refractivity contribution in [1.29, 1.82) is 0 Å². The summed E-state index contributed by atoms with van der Waals surface area (Å²) < 4.78 is 26.2. The molecule has 2 rings (SSSR count). The first kappa shape index (κ1) is 18.9. The van der Waals surface area contributed by atoms with E-state index in [1.165, 1.54) is 18.2 Å². The second-order valence-electron chi connectivity index (χ2n) is 4.85. The number of nitrogens with zero attached hydrogens (tertiary/aromatic N) is 1. The summed E-state index contributed by atoms with van der Waals surface area (Å²) in [5.74, 6) is -2.98. The minimum Gasteiger partial charge on any atom is -0.382 e. The first-order chi connectivity index (χ1) is 11.8. The molecule has 2 aromatic rings. The molecule has 0 bridgehead atoms. The molecule has 132 valence electrons. The summed E-state index contributed by atoms with van der Waals surface area (Å²) in [6, 6.07) is 5.36. The number of carbonyl (C=O) groups excluding carboxylic acids is 1. The number of anilines is 1. The summed E-state index contributed by atoms with van der Waals surface area (Å²) in [6.07, 6.45) is 0. The third-order valence-corrected chi connectivity index (χ3v) is 3.77. The molecule has 6 nitrogen and oxygen atoms in total. The Kier molecular flexibility index (Phi) is 6.11. The van der Waals surface area contributed by atoms with Gasteiger partial charge in [0.1, 0.15) is 0 Å². The third-order valence-electron chi connectivity index (χ3n) is 3.14. The van der Waals surface area contributed by atoms with Gasteiger partial charge in [-0.1, -0.05) is 23.2 Å². The van der Waals surface area contributed by atoms with Gasteiger partial charge in [0.25, 0.3) is 11.6 Å². The molecule has 25 heavy (non-hydrogen) atoms. The number of nitro groups is 1. The van der Waals surface area contributed by atoms with Gasteiger partial charge in [-0.25, -0.2) is 8.78 Å². The van der Waals surface area contributed by atoms with E-state index in [0.29, 0.717) is 11.8 Å². The molecule has 1 amide bonds. The normalized spacial score (nSPS) is 10.4. The van der Waals surface area contributed by atoms with Gasteiger partial charge in [-0.05, 0) is 18.2 Å². The van der Waals surface area contributed by atoms with Crippen molar-refractivity contribution < 1.29 is 18.5 Å². The number of hydrogen-bond acceptors (Lipinski definition) is 4. The van der Waals surface area contributed by atoms with Crippen molar-refractivity contribution in [1.82, 2.24) is 5.32 Å². The van der Waals surface area contributed by atoms with Gasteiger partial charge in [0.2, 0.25) is 0 Å². The molecule has 10 heteroatoms. The second-order valence-corrected chi connectivity index (χ2v) is 5.66. The Balaban J connectivity index is 1.90. The van der Waals surface area contributed by atoms with Crippen LogP contribution in [0.25, 0.3) is 0 Å². The summed E-state index contributed by atoms with van der Waals surface area (Å²) in [7, 11) is 0. The summed E-state index contributed by atoms with van der Waals surface area (Å²) in [5.41, 5.74) is 0.123. The quantitative estimate of drug-likeness (QED) is 0.338. The van der Waals surface area contributed by atoms with E-state index in [0.717, 1.165) is 6.07 Å². The van der Waals surface area contributed by atoms with E-state index >= 15 is 0 Å². The van der Waals surface area contributed by atoms with E-state index in [4.69, 9.17) is 23.2 Å². The zero-order valence-corrected chi connectivity index (χ0v) is 14.0. The highest BCUT2D eigenvalue weighted by atomic mass is 35.5. The Labute approximate surface area is 150 Å². The SMILES string of the molecule is O=C(NCCNc1ccc([N+](=O)[O-])cc1Cl)c1cc(F)c(F)cc1Cl. The van der Waals surface area contributed by atoms with Gasteiger partial charge < -0.3 is 10.6 Å². The fourth-order valence-corrected chi connectivity index (χ4v) is 2.40. The van der Waals surface area contributed by atoms with Crippen molar-refractivity contribution in [3.8, 4) is 0 Å². The van der Waals surface area contributed by atoms with E-state index < -0.39 is 22.5 Å². The minimum atomic E-state index is -1.18. The van der Waals surface area contributed by atoms with E-state index in [9.17, 15) is 23.7 Å².